The van der Waals surface area contributed by atoms with Gasteiger partial charge in [0.15, 0.2) is 11.5 Å². The quantitative estimate of drug-likeness (QED) is 0.791. The van der Waals surface area contributed by atoms with Gasteiger partial charge in [0.05, 0.1) is 12.2 Å². The van der Waals surface area contributed by atoms with Crippen LogP contribution >= 0.6 is 0 Å². The summed E-state index contributed by atoms with van der Waals surface area (Å²) in [5, 5.41) is 7.96. The Kier molecular flexibility index (Phi) is 3.79. The Morgan fingerprint density at radius 3 is 2.37 bits per heavy atom. The highest BCUT2D eigenvalue weighted by molar-refractivity contribution is 5.92. The number of nitrogens with zero attached hydrogens (tertiary/aromatic N) is 3. The smallest absolute Gasteiger partial charge is 0.181 e. The SMILES string of the molecule is CC(=O)c1nnn(Cc2ccc(C(C)C)cc2)c1C. The van der Waals surface area contributed by atoms with Crippen molar-refractivity contribution >= 4 is 5.78 Å². The molecule has 0 radical (unpaired) electrons. The van der Waals surface area contributed by atoms with Crippen LogP contribution in [0, 0.1) is 6.92 Å². The predicted octanol–water partition coefficient (Wildman–Crippen LogP) is 2.96. The number of benzene rings is 1. The van der Waals surface area contributed by atoms with Crippen LogP contribution in [0.1, 0.15) is 54.0 Å². The molecule has 100 valence electrons. The summed E-state index contributed by atoms with van der Waals surface area (Å²) in [6, 6.07) is 8.48. The fraction of sp³-hybridized carbons (Fsp3) is 0.400. The first kappa shape index (κ1) is 13.5. The molecule has 1 heterocycles. The van der Waals surface area contributed by atoms with Crippen LogP contribution in [0.5, 0.6) is 0 Å². The van der Waals surface area contributed by atoms with Crippen molar-refractivity contribution in [2.24, 2.45) is 0 Å². The average molecular weight is 257 g/mol. The largest absolute Gasteiger partial charge is 0.293 e. The maximum Gasteiger partial charge on any atom is 0.181 e. The molecule has 2 rings (SSSR count). The highest BCUT2D eigenvalue weighted by Gasteiger charge is 2.12. The van der Waals surface area contributed by atoms with Gasteiger partial charge >= 0.3 is 0 Å². The van der Waals surface area contributed by atoms with E-state index in [0.29, 0.717) is 18.2 Å². The number of hydrogen-bond donors (Lipinski definition) is 0. The Morgan fingerprint density at radius 1 is 1.26 bits per heavy atom. The van der Waals surface area contributed by atoms with E-state index in [1.54, 1.807) is 4.68 Å². The monoisotopic (exact) mass is 257 g/mol. The zero-order valence-electron chi connectivity index (χ0n) is 11.8. The van der Waals surface area contributed by atoms with Crippen LogP contribution in [0.3, 0.4) is 0 Å². The second-order valence-electron chi connectivity index (χ2n) is 5.13. The fourth-order valence-corrected chi connectivity index (χ4v) is 2.02. The van der Waals surface area contributed by atoms with E-state index in [2.05, 4.69) is 48.4 Å². The summed E-state index contributed by atoms with van der Waals surface area (Å²) >= 11 is 0. The molecule has 0 N–H and O–H groups in total. The van der Waals surface area contributed by atoms with Gasteiger partial charge in [0.1, 0.15) is 0 Å². The van der Waals surface area contributed by atoms with E-state index in [1.807, 2.05) is 6.92 Å². The normalized spacial score (nSPS) is 11.0. The van der Waals surface area contributed by atoms with Crippen LogP contribution in [0.15, 0.2) is 24.3 Å². The lowest BCUT2D eigenvalue weighted by Crippen LogP contribution is -2.05. The van der Waals surface area contributed by atoms with Crippen molar-refractivity contribution in [2.75, 3.05) is 0 Å². The van der Waals surface area contributed by atoms with Crippen LogP contribution in [-0.4, -0.2) is 20.8 Å². The van der Waals surface area contributed by atoms with Gasteiger partial charge in [0.2, 0.25) is 0 Å². The van der Waals surface area contributed by atoms with E-state index in [-0.39, 0.29) is 5.78 Å². The van der Waals surface area contributed by atoms with E-state index in [1.165, 1.54) is 12.5 Å². The molecule has 0 atom stereocenters. The number of carbonyl (C=O) groups is 1. The number of aromatic nitrogens is 3. The van der Waals surface area contributed by atoms with Gasteiger partial charge in [0.25, 0.3) is 0 Å². The van der Waals surface area contributed by atoms with Crippen molar-refractivity contribution in [2.45, 2.75) is 40.2 Å². The minimum atomic E-state index is -0.0427. The van der Waals surface area contributed by atoms with Crippen LogP contribution < -0.4 is 0 Å². The molecule has 0 bridgehead atoms. The Balaban J connectivity index is 2.19. The minimum Gasteiger partial charge on any atom is -0.293 e. The van der Waals surface area contributed by atoms with Gasteiger partial charge in [-0.1, -0.05) is 43.3 Å². The van der Waals surface area contributed by atoms with Gasteiger partial charge in [-0.3, -0.25) is 4.79 Å². The van der Waals surface area contributed by atoms with Gasteiger partial charge in [0, 0.05) is 6.92 Å². The third kappa shape index (κ3) is 2.89. The molecule has 0 aliphatic rings. The molecule has 4 heteroatoms. The minimum absolute atomic E-state index is 0.0427. The van der Waals surface area contributed by atoms with Crippen LogP contribution in [0.2, 0.25) is 0 Å². The molecule has 0 spiro atoms. The summed E-state index contributed by atoms with van der Waals surface area (Å²) < 4.78 is 1.76. The van der Waals surface area contributed by atoms with E-state index in [0.717, 1.165) is 11.3 Å². The van der Waals surface area contributed by atoms with E-state index < -0.39 is 0 Å². The molecule has 2 aromatic rings. The zero-order valence-corrected chi connectivity index (χ0v) is 11.8. The third-order valence-electron chi connectivity index (χ3n) is 3.29. The topological polar surface area (TPSA) is 47.8 Å². The number of ketones is 1. The summed E-state index contributed by atoms with van der Waals surface area (Å²) in [6.07, 6.45) is 0. The van der Waals surface area contributed by atoms with Crippen molar-refractivity contribution in [1.29, 1.82) is 0 Å². The van der Waals surface area contributed by atoms with E-state index in [4.69, 9.17) is 0 Å². The first-order valence-corrected chi connectivity index (χ1v) is 6.49. The molecule has 0 saturated carbocycles. The molecular weight excluding hydrogens is 238 g/mol. The maximum atomic E-state index is 11.3. The number of hydrogen-bond acceptors (Lipinski definition) is 3. The molecule has 0 aliphatic carbocycles. The van der Waals surface area contributed by atoms with E-state index >= 15 is 0 Å². The highest BCUT2D eigenvalue weighted by atomic mass is 16.1. The van der Waals surface area contributed by atoms with Gasteiger partial charge in [-0.05, 0) is 24.0 Å². The van der Waals surface area contributed by atoms with Crippen LogP contribution in [-0.2, 0) is 6.54 Å². The molecule has 1 aromatic heterocycles. The van der Waals surface area contributed by atoms with Gasteiger partial charge in [-0.2, -0.15) is 0 Å². The van der Waals surface area contributed by atoms with Crippen molar-refractivity contribution in [1.82, 2.24) is 15.0 Å². The number of carbonyl (C=O) groups excluding carboxylic acids is 1. The molecule has 0 unspecified atom stereocenters. The Morgan fingerprint density at radius 2 is 1.89 bits per heavy atom. The fourth-order valence-electron chi connectivity index (χ4n) is 2.02. The molecule has 0 fully saturated rings. The molecule has 0 aliphatic heterocycles. The van der Waals surface area contributed by atoms with Crippen molar-refractivity contribution in [3.05, 3.63) is 46.8 Å². The summed E-state index contributed by atoms with van der Waals surface area (Å²) in [5.41, 5.74) is 3.76. The van der Waals surface area contributed by atoms with Gasteiger partial charge in [-0.25, -0.2) is 4.68 Å². The Bertz CT molecular complexity index is 582. The molecular formula is C15H19N3O. The molecule has 1 aromatic carbocycles. The maximum absolute atomic E-state index is 11.3. The number of rotatable bonds is 4. The second-order valence-corrected chi connectivity index (χ2v) is 5.13. The summed E-state index contributed by atoms with van der Waals surface area (Å²) in [6.45, 7) is 8.38. The van der Waals surface area contributed by atoms with Crippen molar-refractivity contribution < 1.29 is 4.79 Å². The summed E-state index contributed by atoms with van der Waals surface area (Å²) in [7, 11) is 0. The molecule has 0 saturated heterocycles. The first-order valence-electron chi connectivity index (χ1n) is 6.49. The summed E-state index contributed by atoms with van der Waals surface area (Å²) in [5.74, 6) is 0.491. The second kappa shape index (κ2) is 5.34. The highest BCUT2D eigenvalue weighted by Crippen LogP contribution is 2.15. The first-order chi connectivity index (χ1) is 8.99. The van der Waals surface area contributed by atoms with Crippen LogP contribution in [0.25, 0.3) is 0 Å². The van der Waals surface area contributed by atoms with Gasteiger partial charge < -0.3 is 0 Å². The standard InChI is InChI=1S/C15H19N3O/c1-10(2)14-7-5-13(6-8-14)9-18-11(3)15(12(4)19)16-17-18/h5-8,10H,9H2,1-4H3. The van der Waals surface area contributed by atoms with Crippen molar-refractivity contribution in [3.63, 3.8) is 0 Å². The molecule has 19 heavy (non-hydrogen) atoms. The lowest BCUT2D eigenvalue weighted by Gasteiger charge is -2.07. The molecule has 4 nitrogen and oxygen atoms in total. The lowest BCUT2D eigenvalue weighted by atomic mass is 10.0. The van der Waals surface area contributed by atoms with Crippen LogP contribution in [0.4, 0.5) is 0 Å². The average Bonchev–Trinajstić information content (AvgIpc) is 2.72. The lowest BCUT2D eigenvalue weighted by molar-refractivity contribution is 0.101. The Hall–Kier alpha value is -1.97. The van der Waals surface area contributed by atoms with E-state index in [9.17, 15) is 4.79 Å². The summed E-state index contributed by atoms with van der Waals surface area (Å²) in [4.78, 5) is 11.3. The zero-order chi connectivity index (χ0) is 14.0. The predicted molar refractivity (Wildman–Crippen MR) is 74.4 cm³/mol. The molecule has 0 amide bonds. The Labute approximate surface area is 113 Å². The van der Waals surface area contributed by atoms with Gasteiger partial charge in [-0.15, -0.1) is 5.10 Å². The van der Waals surface area contributed by atoms with Crippen molar-refractivity contribution in [3.8, 4) is 0 Å². The third-order valence-corrected chi connectivity index (χ3v) is 3.29. The number of Topliss-reactive ketones (excluding diaryl/α,β-unsaturated/α-hetero) is 1.